The highest BCUT2D eigenvalue weighted by Crippen LogP contribution is 2.25. The minimum Gasteiger partial charge on any atom is -0.379 e. The number of nitrogens with one attached hydrogen (secondary N) is 1. The van der Waals surface area contributed by atoms with Crippen LogP contribution in [0.15, 0.2) is 60.9 Å². The maximum absolute atomic E-state index is 4.54. The predicted octanol–water partition coefficient (Wildman–Crippen LogP) is 3.95. The Balaban J connectivity index is 1.61. The summed E-state index contributed by atoms with van der Waals surface area (Å²) in [5.74, 6) is 0. The molecule has 0 aliphatic carbocycles. The molecule has 3 aromatic heterocycles. The number of anilines is 1. The van der Waals surface area contributed by atoms with Crippen LogP contribution in [-0.4, -0.2) is 19.7 Å². The van der Waals surface area contributed by atoms with Gasteiger partial charge in [0.1, 0.15) is 0 Å². The first-order valence-corrected chi connectivity index (χ1v) is 8.25. The van der Waals surface area contributed by atoms with Crippen LogP contribution in [0, 0.1) is 6.92 Å². The van der Waals surface area contributed by atoms with E-state index < -0.39 is 0 Å². The van der Waals surface area contributed by atoms with Crippen molar-refractivity contribution in [3.63, 3.8) is 0 Å². The molecule has 124 valence electrons. The Labute approximate surface area is 146 Å². The molecule has 1 N–H and O–H groups in total. The van der Waals surface area contributed by atoms with E-state index in [1.54, 1.807) is 0 Å². The van der Waals surface area contributed by atoms with Crippen molar-refractivity contribution in [1.29, 1.82) is 0 Å². The standard InChI is InChI=1S/C20H19N5/c1-14-17-11-15(13-23-20(17)25(2)24-14)12-22-18-9-6-10-21-19(18)16-7-4-3-5-8-16/h3-11,13,22H,12H2,1-2H3. The van der Waals surface area contributed by atoms with Crippen LogP contribution in [0.4, 0.5) is 5.69 Å². The van der Waals surface area contributed by atoms with Crippen molar-refractivity contribution >= 4 is 16.7 Å². The third-order valence-electron chi connectivity index (χ3n) is 4.26. The number of aryl methyl sites for hydroxylation is 2. The first-order chi connectivity index (χ1) is 12.2. The van der Waals surface area contributed by atoms with Crippen LogP contribution >= 0.6 is 0 Å². The highest BCUT2D eigenvalue weighted by molar-refractivity contribution is 5.79. The summed E-state index contributed by atoms with van der Waals surface area (Å²) in [6, 6.07) is 16.3. The molecule has 0 saturated carbocycles. The van der Waals surface area contributed by atoms with Crippen LogP contribution < -0.4 is 5.32 Å². The second kappa shape index (κ2) is 6.36. The average molecular weight is 329 g/mol. The van der Waals surface area contributed by atoms with E-state index in [4.69, 9.17) is 0 Å². The Bertz CT molecular complexity index is 1020. The van der Waals surface area contributed by atoms with Crippen molar-refractivity contribution in [3.05, 3.63) is 72.2 Å². The Hall–Kier alpha value is -3.21. The number of rotatable bonds is 4. The van der Waals surface area contributed by atoms with Gasteiger partial charge in [-0.15, -0.1) is 0 Å². The summed E-state index contributed by atoms with van der Waals surface area (Å²) >= 11 is 0. The number of hydrogen-bond acceptors (Lipinski definition) is 4. The molecule has 0 atom stereocenters. The zero-order valence-corrected chi connectivity index (χ0v) is 14.3. The Morgan fingerprint density at radius 1 is 1.04 bits per heavy atom. The van der Waals surface area contributed by atoms with E-state index in [-0.39, 0.29) is 0 Å². The lowest BCUT2D eigenvalue weighted by Gasteiger charge is -2.11. The zero-order chi connectivity index (χ0) is 17.2. The molecule has 5 nitrogen and oxygen atoms in total. The van der Waals surface area contributed by atoms with Crippen molar-refractivity contribution in [2.75, 3.05) is 5.32 Å². The van der Waals surface area contributed by atoms with Crippen LogP contribution in [-0.2, 0) is 13.6 Å². The summed E-state index contributed by atoms with van der Waals surface area (Å²) < 4.78 is 1.82. The average Bonchev–Trinajstić information content (AvgIpc) is 2.94. The normalized spacial score (nSPS) is 11.0. The highest BCUT2D eigenvalue weighted by atomic mass is 15.3. The first kappa shape index (κ1) is 15.3. The smallest absolute Gasteiger partial charge is 0.157 e. The monoisotopic (exact) mass is 329 g/mol. The van der Waals surface area contributed by atoms with Crippen molar-refractivity contribution in [1.82, 2.24) is 19.7 Å². The molecule has 0 unspecified atom stereocenters. The van der Waals surface area contributed by atoms with E-state index >= 15 is 0 Å². The summed E-state index contributed by atoms with van der Waals surface area (Å²) in [4.78, 5) is 9.08. The van der Waals surface area contributed by atoms with Gasteiger partial charge in [-0.05, 0) is 30.7 Å². The molecule has 0 radical (unpaired) electrons. The van der Waals surface area contributed by atoms with Gasteiger partial charge in [-0.3, -0.25) is 9.67 Å². The summed E-state index contributed by atoms with van der Waals surface area (Å²) in [7, 11) is 1.92. The van der Waals surface area contributed by atoms with E-state index in [2.05, 4.69) is 44.6 Å². The first-order valence-electron chi connectivity index (χ1n) is 8.25. The summed E-state index contributed by atoms with van der Waals surface area (Å²) in [6.07, 6.45) is 3.72. The van der Waals surface area contributed by atoms with Gasteiger partial charge in [0, 0.05) is 36.9 Å². The fourth-order valence-corrected chi connectivity index (χ4v) is 3.02. The van der Waals surface area contributed by atoms with Gasteiger partial charge in [0.25, 0.3) is 0 Å². The third kappa shape index (κ3) is 2.96. The largest absolute Gasteiger partial charge is 0.379 e. The molecular formula is C20H19N5. The summed E-state index contributed by atoms with van der Waals surface area (Å²) in [5, 5.41) is 9.01. The Morgan fingerprint density at radius 3 is 2.72 bits per heavy atom. The summed E-state index contributed by atoms with van der Waals surface area (Å²) in [6.45, 7) is 2.69. The Kier molecular flexibility index (Phi) is 3.90. The molecule has 5 heteroatoms. The molecule has 0 bridgehead atoms. The van der Waals surface area contributed by atoms with Gasteiger partial charge >= 0.3 is 0 Å². The molecule has 0 aliphatic rings. The molecule has 0 spiro atoms. The topological polar surface area (TPSA) is 55.6 Å². The van der Waals surface area contributed by atoms with Gasteiger partial charge in [-0.25, -0.2) is 4.98 Å². The van der Waals surface area contributed by atoms with Crippen LogP contribution in [0.1, 0.15) is 11.3 Å². The number of aromatic nitrogens is 4. The van der Waals surface area contributed by atoms with Crippen LogP contribution in [0.3, 0.4) is 0 Å². The van der Waals surface area contributed by atoms with Crippen LogP contribution in [0.5, 0.6) is 0 Å². The maximum atomic E-state index is 4.54. The van der Waals surface area contributed by atoms with Crippen molar-refractivity contribution in [2.45, 2.75) is 13.5 Å². The Morgan fingerprint density at radius 2 is 1.88 bits per heavy atom. The second-order valence-corrected chi connectivity index (χ2v) is 6.04. The van der Waals surface area contributed by atoms with Crippen LogP contribution in [0.25, 0.3) is 22.3 Å². The van der Waals surface area contributed by atoms with Crippen molar-refractivity contribution in [3.8, 4) is 11.3 Å². The molecule has 0 aliphatic heterocycles. The second-order valence-electron chi connectivity index (χ2n) is 6.04. The molecule has 0 saturated heterocycles. The molecular weight excluding hydrogens is 310 g/mol. The van der Waals surface area contributed by atoms with Gasteiger partial charge < -0.3 is 5.32 Å². The van der Waals surface area contributed by atoms with Crippen molar-refractivity contribution in [2.24, 2.45) is 7.05 Å². The lowest BCUT2D eigenvalue weighted by molar-refractivity contribution is 0.773. The molecule has 4 aromatic rings. The fraction of sp³-hybridized carbons (Fsp3) is 0.150. The molecule has 0 fully saturated rings. The van der Waals surface area contributed by atoms with E-state index in [9.17, 15) is 0 Å². The van der Waals surface area contributed by atoms with Gasteiger partial charge in [0.2, 0.25) is 0 Å². The van der Waals surface area contributed by atoms with Crippen LogP contribution in [0.2, 0.25) is 0 Å². The lowest BCUT2D eigenvalue weighted by atomic mass is 10.1. The van der Waals surface area contributed by atoms with E-state index in [1.807, 2.05) is 55.3 Å². The van der Waals surface area contributed by atoms with Gasteiger partial charge in [0.05, 0.1) is 17.1 Å². The third-order valence-corrected chi connectivity index (χ3v) is 4.26. The molecule has 25 heavy (non-hydrogen) atoms. The zero-order valence-electron chi connectivity index (χ0n) is 14.3. The number of benzene rings is 1. The molecule has 0 amide bonds. The number of nitrogens with zero attached hydrogens (tertiary/aromatic N) is 4. The maximum Gasteiger partial charge on any atom is 0.157 e. The summed E-state index contributed by atoms with van der Waals surface area (Å²) in [5.41, 5.74) is 6.09. The highest BCUT2D eigenvalue weighted by Gasteiger charge is 2.09. The van der Waals surface area contributed by atoms with Gasteiger partial charge in [0.15, 0.2) is 5.65 Å². The number of fused-ring (bicyclic) bond motifs is 1. The molecule has 3 heterocycles. The molecule has 4 rings (SSSR count). The minimum absolute atomic E-state index is 0.683. The number of hydrogen-bond donors (Lipinski definition) is 1. The molecule has 1 aromatic carbocycles. The predicted molar refractivity (Wildman–Crippen MR) is 100 cm³/mol. The number of pyridine rings is 2. The van der Waals surface area contributed by atoms with E-state index in [1.165, 1.54) is 0 Å². The fourth-order valence-electron chi connectivity index (χ4n) is 3.02. The van der Waals surface area contributed by atoms with E-state index in [0.717, 1.165) is 39.2 Å². The van der Waals surface area contributed by atoms with Gasteiger partial charge in [-0.1, -0.05) is 30.3 Å². The quantitative estimate of drug-likeness (QED) is 0.616. The lowest BCUT2D eigenvalue weighted by Crippen LogP contribution is -2.02. The van der Waals surface area contributed by atoms with E-state index in [0.29, 0.717) is 6.54 Å². The SMILES string of the molecule is Cc1nn(C)c2ncc(CNc3cccnc3-c3ccccc3)cc12. The van der Waals surface area contributed by atoms with Crippen molar-refractivity contribution < 1.29 is 0 Å². The minimum atomic E-state index is 0.683. The van der Waals surface area contributed by atoms with Gasteiger partial charge in [-0.2, -0.15) is 5.10 Å².